The number of imidazole rings is 1. The van der Waals surface area contributed by atoms with Gasteiger partial charge in [-0.25, -0.2) is 4.98 Å². The van der Waals surface area contributed by atoms with E-state index in [1.54, 1.807) is 12.5 Å². The summed E-state index contributed by atoms with van der Waals surface area (Å²) in [6, 6.07) is 10.0. The Morgan fingerprint density at radius 2 is 2.08 bits per heavy atom. The summed E-state index contributed by atoms with van der Waals surface area (Å²) < 4.78 is 3.86. The first kappa shape index (κ1) is 17.0. The minimum Gasteiger partial charge on any atom is -0.352 e. The van der Waals surface area contributed by atoms with Crippen LogP contribution in [0, 0.1) is 13.8 Å². The van der Waals surface area contributed by atoms with E-state index in [9.17, 15) is 4.79 Å². The van der Waals surface area contributed by atoms with Gasteiger partial charge >= 0.3 is 0 Å². The third-order valence-electron chi connectivity index (χ3n) is 4.19. The number of rotatable bonds is 6. The van der Waals surface area contributed by atoms with Gasteiger partial charge in [0, 0.05) is 31.1 Å². The SMILES string of the molecule is Cc1cc(C)n(C(C)CC(=O)NCc2ccccc2-n2ccnc2)n1. The second-order valence-corrected chi connectivity index (χ2v) is 6.30. The molecule has 0 radical (unpaired) electrons. The molecule has 0 aliphatic heterocycles. The molecule has 3 aromatic rings. The van der Waals surface area contributed by atoms with E-state index in [-0.39, 0.29) is 11.9 Å². The molecule has 1 atom stereocenters. The number of hydrogen-bond donors (Lipinski definition) is 1. The average Bonchev–Trinajstić information content (AvgIpc) is 3.22. The van der Waals surface area contributed by atoms with Gasteiger partial charge in [-0.3, -0.25) is 9.48 Å². The topological polar surface area (TPSA) is 64.7 Å². The summed E-state index contributed by atoms with van der Waals surface area (Å²) in [4.78, 5) is 16.4. The van der Waals surface area contributed by atoms with Crippen LogP contribution in [0.1, 0.15) is 36.3 Å². The Balaban J connectivity index is 1.62. The zero-order valence-electron chi connectivity index (χ0n) is 14.8. The Morgan fingerprint density at radius 1 is 1.28 bits per heavy atom. The summed E-state index contributed by atoms with van der Waals surface area (Å²) in [7, 11) is 0. The highest BCUT2D eigenvalue weighted by Crippen LogP contribution is 2.16. The lowest BCUT2D eigenvalue weighted by atomic mass is 10.1. The van der Waals surface area contributed by atoms with Crippen molar-refractivity contribution < 1.29 is 4.79 Å². The molecule has 3 rings (SSSR count). The zero-order chi connectivity index (χ0) is 17.8. The van der Waals surface area contributed by atoms with Gasteiger partial charge in [0.15, 0.2) is 0 Å². The standard InChI is InChI=1S/C19H23N5O/c1-14-10-15(2)24(22-14)16(3)11-19(25)21-12-17-6-4-5-7-18(17)23-9-8-20-13-23/h4-10,13,16H,11-12H2,1-3H3,(H,21,25). The molecule has 0 fully saturated rings. The van der Waals surface area contributed by atoms with E-state index in [1.807, 2.05) is 66.5 Å². The van der Waals surface area contributed by atoms with Crippen molar-refractivity contribution in [3.05, 3.63) is 66.0 Å². The predicted molar refractivity (Wildman–Crippen MR) is 96.4 cm³/mol. The van der Waals surface area contributed by atoms with Crippen LogP contribution in [-0.2, 0) is 11.3 Å². The molecule has 0 aliphatic carbocycles. The van der Waals surface area contributed by atoms with Gasteiger partial charge in [0.25, 0.3) is 0 Å². The van der Waals surface area contributed by atoms with Crippen LogP contribution in [0.4, 0.5) is 0 Å². The fraction of sp³-hybridized carbons (Fsp3) is 0.316. The number of nitrogens with zero attached hydrogens (tertiary/aromatic N) is 4. The zero-order valence-corrected chi connectivity index (χ0v) is 14.8. The van der Waals surface area contributed by atoms with Crippen molar-refractivity contribution in [2.24, 2.45) is 0 Å². The number of aromatic nitrogens is 4. The van der Waals surface area contributed by atoms with Crippen LogP contribution in [0.5, 0.6) is 0 Å². The number of nitrogens with one attached hydrogen (secondary N) is 1. The van der Waals surface area contributed by atoms with Gasteiger partial charge in [0.2, 0.25) is 5.91 Å². The lowest BCUT2D eigenvalue weighted by Gasteiger charge is -2.15. The van der Waals surface area contributed by atoms with Crippen molar-refractivity contribution >= 4 is 5.91 Å². The van der Waals surface area contributed by atoms with Crippen LogP contribution in [-0.4, -0.2) is 25.2 Å². The molecule has 130 valence electrons. The molecular weight excluding hydrogens is 314 g/mol. The predicted octanol–water partition coefficient (Wildman–Crippen LogP) is 2.95. The molecule has 0 bridgehead atoms. The van der Waals surface area contributed by atoms with Gasteiger partial charge in [-0.15, -0.1) is 0 Å². The molecular formula is C19H23N5O. The minimum absolute atomic E-state index is 0.0143. The van der Waals surface area contributed by atoms with E-state index in [2.05, 4.69) is 15.4 Å². The van der Waals surface area contributed by atoms with Gasteiger partial charge in [-0.2, -0.15) is 5.10 Å². The summed E-state index contributed by atoms with van der Waals surface area (Å²) in [6.07, 6.45) is 5.79. The van der Waals surface area contributed by atoms with Crippen LogP contribution < -0.4 is 5.32 Å². The van der Waals surface area contributed by atoms with Crippen LogP contribution in [0.3, 0.4) is 0 Å². The molecule has 2 heterocycles. The molecule has 0 saturated heterocycles. The van der Waals surface area contributed by atoms with Crippen LogP contribution in [0.15, 0.2) is 49.1 Å². The summed E-state index contributed by atoms with van der Waals surface area (Å²) in [5, 5.41) is 7.47. The van der Waals surface area contributed by atoms with Crippen LogP contribution in [0.2, 0.25) is 0 Å². The van der Waals surface area contributed by atoms with E-state index in [4.69, 9.17) is 0 Å². The lowest BCUT2D eigenvalue weighted by molar-refractivity contribution is -0.122. The number of carbonyl (C=O) groups is 1. The molecule has 0 saturated carbocycles. The van der Waals surface area contributed by atoms with Gasteiger partial charge in [0.05, 0.1) is 23.8 Å². The van der Waals surface area contributed by atoms with Crippen molar-refractivity contribution in [3.8, 4) is 5.69 Å². The van der Waals surface area contributed by atoms with E-state index >= 15 is 0 Å². The lowest BCUT2D eigenvalue weighted by Crippen LogP contribution is -2.26. The first-order valence-electron chi connectivity index (χ1n) is 8.40. The Kier molecular flexibility index (Phi) is 4.97. The summed E-state index contributed by atoms with van der Waals surface area (Å²) in [5.74, 6) is 0.0143. The normalized spacial score (nSPS) is 12.1. The van der Waals surface area contributed by atoms with E-state index in [1.165, 1.54) is 0 Å². The maximum Gasteiger partial charge on any atom is 0.222 e. The van der Waals surface area contributed by atoms with Gasteiger partial charge in [0.1, 0.15) is 0 Å². The third-order valence-corrected chi connectivity index (χ3v) is 4.19. The highest BCUT2D eigenvalue weighted by atomic mass is 16.1. The Hall–Kier alpha value is -2.89. The maximum atomic E-state index is 12.3. The smallest absolute Gasteiger partial charge is 0.222 e. The number of para-hydroxylation sites is 1. The fourth-order valence-corrected chi connectivity index (χ4v) is 3.03. The Bertz CT molecular complexity index is 851. The fourth-order valence-electron chi connectivity index (χ4n) is 3.03. The highest BCUT2D eigenvalue weighted by molar-refractivity contribution is 5.76. The minimum atomic E-state index is 0.0143. The van der Waals surface area contributed by atoms with Crippen molar-refractivity contribution in [1.82, 2.24) is 24.6 Å². The summed E-state index contributed by atoms with van der Waals surface area (Å²) in [5.41, 5.74) is 4.11. The number of carbonyl (C=O) groups excluding carboxylic acids is 1. The molecule has 0 spiro atoms. The van der Waals surface area contributed by atoms with E-state index in [0.29, 0.717) is 13.0 Å². The number of aryl methyl sites for hydroxylation is 2. The molecule has 1 aromatic carbocycles. The molecule has 2 aromatic heterocycles. The van der Waals surface area contributed by atoms with Crippen molar-refractivity contribution in [2.75, 3.05) is 0 Å². The van der Waals surface area contributed by atoms with Crippen molar-refractivity contribution in [3.63, 3.8) is 0 Å². The monoisotopic (exact) mass is 337 g/mol. The Morgan fingerprint density at radius 3 is 2.76 bits per heavy atom. The van der Waals surface area contributed by atoms with E-state index in [0.717, 1.165) is 22.6 Å². The molecule has 1 N–H and O–H groups in total. The number of hydrogen-bond acceptors (Lipinski definition) is 3. The second kappa shape index (κ2) is 7.34. The summed E-state index contributed by atoms with van der Waals surface area (Å²) >= 11 is 0. The van der Waals surface area contributed by atoms with Crippen molar-refractivity contribution in [2.45, 2.75) is 39.8 Å². The van der Waals surface area contributed by atoms with Crippen LogP contribution in [0.25, 0.3) is 5.69 Å². The number of benzene rings is 1. The molecule has 25 heavy (non-hydrogen) atoms. The van der Waals surface area contributed by atoms with Gasteiger partial charge < -0.3 is 9.88 Å². The molecule has 0 aliphatic rings. The quantitative estimate of drug-likeness (QED) is 0.752. The second-order valence-electron chi connectivity index (χ2n) is 6.30. The largest absolute Gasteiger partial charge is 0.352 e. The summed E-state index contributed by atoms with van der Waals surface area (Å²) in [6.45, 7) is 6.47. The molecule has 6 nitrogen and oxygen atoms in total. The molecule has 1 amide bonds. The van der Waals surface area contributed by atoms with E-state index < -0.39 is 0 Å². The van der Waals surface area contributed by atoms with Gasteiger partial charge in [-0.1, -0.05) is 18.2 Å². The van der Waals surface area contributed by atoms with Crippen molar-refractivity contribution in [1.29, 1.82) is 0 Å². The van der Waals surface area contributed by atoms with Gasteiger partial charge in [-0.05, 0) is 38.5 Å². The molecule has 6 heteroatoms. The number of amides is 1. The third kappa shape index (κ3) is 3.96. The Labute approximate surface area is 147 Å². The average molecular weight is 337 g/mol. The first-order chi connectivity index (χ1) is 12.0. The van der Waals surface area contributed by atoms with Crippen LogP contribution >= 0.6 is 0 Å². The highest BCUT2D eigenvalue weighted by Gasteiger charge is 2.14. The molecule has 1 unspecified atom stereocenters. The first-order valence-corrected chi connectivity index (χ1v) is 8.40. The maximum absolute atomic E-state index is 12.3.